The summed E-state index contributed by atoms with van der Waals surface area (Å²) in [4.78, 5) is 11.9. The van der Waals surface area contributed by atoms with Crippen LogP contribution >= 0.6 is 0 Å². The summed E-state index contributed by atoms with van der Waals surface area (Å²) in [7, 11) is 0. The summed E-state index contributed by atoms with van der Waals surface area (Å²) in [5.74, 6) is -0.200. The Morgan fingerprint density at radius 3 is 2.95 bits per heavy atom. The summed E-state index contributed by atoms with van der Waals surface area (Å²) in [6, 6.07) is 5.85. The third-order valence-corrected chi connectivity index (χ3v) is 4.51. The zero-order chi connectivity index (χ0) is 15.4. The summed E-state index contributed by atoms with van der Waals surface area (Å²) in [6.45, 7) is 0.471. The van der Waals surface area contributed by atoms with Gasteiger partial charge in [0.15, 0.2) is 6.61 Å². The second kappa shape index (κ2) is 6.65. The fourth-order valence-electron chi connectivity index (χ4n) is 3.46. The van der Waals surface area contributed by atoms with E-state index >= 15 is 0 Å². The highest BCUT2D eigenvalue weighted by Crippen LogP contribution is 2.39. The van der Waals surface area contributed by atoms with Crippen LogP contribution in [0.1, 0.15) is 38.5 Å². The molecule has 2 aliphatic rings. The lowest BCUT2D eigenvalue weighted by atomic mass is 9.82. The van der Waals surface area contributed by atoms with Crippen molar-refractivity contribution in [2.75, 3.05) is 13.2 Å². The summed E-state index contributed by atoms with van der Waals surface area (Å²) in [6.07, 6.45) is 6.79. The number of hydrogen-bond acceptors (Lipinski definition) is 3. The molecule has 0 unspecified atom stereocenters. The first-order chi connectivity index (χ1) is 10.7. The van der Waals surface area contributed by atoms with Gasteiger partial charge < -0.3 is 14.8 Å². The van der Waals surface area contributed by atoms with Crippen LogP contribution in [0.25, 0.3) is 0 Å². The molecule has 0 radical (unpaired) electrons. The molecule has 1 aromatic carbocycles. The number of amides is 1. The number of nitrogens with one attached hydrogen (secondary N) is 1. The van der Waals surface area contributed by atoms with Gasteiger partial charge in [-0.25, -0.2) is 4.39 Å². The third kappa shape index (κ3) is 3.77. The molecule has 1 amide bonds. The molecule has 1 heterocycles. The van der Waals surface area contributed by atoms with Crippen molar-refractivity contribution in [3.63, 3.8) is 0 Å². The van der Waals surface area contributed by atoms with Gasteiger partial charge in [0.1, 0.15) is 11.6 Å². The van der Waals surface area contributed by atoms with Crippen molar-refractivity contribution in [2.24, 2.45) is 0 Å². The Bertz CT molecular complexity index is 528. The molecule has 0 bridgehead atoms. The zero-order valence-electron chi connectivity index (χ0n) is 12.6. The average Bonchev–Trinajstić information content (AvgIpc) is 2.88. The van der Waals surface area contributed by atoms with Gasteiger partial charge in [-0.15, -0.1) is 0 Å². The molecule has 1 aliphatic carbocycles. The van der Waals surface area contributed by atoms with E-state index in [1.54, 1.807) is 12.1 Å². The monoisotopic (exact) mass is 307 g/mol. The van der Waals surface area contributed by atoms with Gasteiger partial charge in [-0.2, -0.15) is 0 Å². The van der Waals surface area contributed by atoms with Crippen LogP contribution in [0, 0.1) is 5.82 Å². The van der Waals surface area contributed by atoms with Gasteiger partial charge in [0.05, 0.1) is 18.2 Å². The Labute approximate surface area is 130 Å². The maximum atomic E-state index is 13.0. The summed E-state index contributed by atoms with van der Waals surface area (Å²) in [5.41, 5.74) is -0.0143. The predicted molar refractivity (Wildman–Crippen MR) is 80.2 cm³/mol. The smallest absolute Gasteiger partial charge is 0.258 e. The Morgan fingerprint density at radius 2 is 2.18 bits per heavy atom. The number of halogens is 1. The largest absolute Gasteiger partial charge is 0.484 e. The first kappa shape index (κ1) is 15.3. The minimum absolute atomic E-state index is 0.0143. The molecular formula is C17H22FNO3. The average molecular weight is 307 g/mol. The lowest BCUT2D eigenvalue weighted by molar-refractivity contribution is -0.123. The van der Waals surface area contributed by atoms with E-state index < -0.39 is 0 Å². The molecule has 1 N–H and O–H groups in total. The molecule has 4 nitrogen and oxygen atoms in total. The number of benzene rings is 1. The van der Waals surface area contributed by atoms with Gasteiger partial charge in [0.2, 0.25) is 0 Å². The van der Waals surface area contributed by atoms with Crippen LogP contribution < -0.4 is 10.1 Å². The Balaban J connectivity index is 1.44. The van der Waals surface area contributed by atoms with Crippen molar-refractivity contribution in [2.45, 2.75) is 50.2 Å². The maximum Gasteiger partial charge on any atom is 0.258 e. The summed E-state index contributed by atoms with van der Waals surface area (Å²) >= 11 is 0. The predicted octanol–water partition coefficient (Wildman–Crippen LogP) is 2.81. The van der Waals surface area contributed by atoms with Crippen molar-refractivity contribution in [1.82, 2.24) is 5.32 Å². The third-order valence-electron chi connectivity index (χ3n) is 4.51. The van der Waals surface area contributed by atoms with Crippen molar-refractivity contribution < 1.29 is 18.7 Å². The van der Waals surface area contributed by atoms with Crippen molar-refractivity contribution in [1.29, 1.82) is 0 Å². The topological polar surface area (TPSA) is 47.6 Å². The minimum atomic E-state index is -0.374. The first-order valence-corrected chi connectivity index (χ1v) is 7.97. The van der Waals surface area contributed by atoms with Gasteiger partial charge >= 0.3 is 0 Å². The van der Waals surface area contributed by atoms with E-state index in [0.717, 1.165) is 19.3 Å². The van der Waals surface area contributed by atoms with Gasteiger partial charge in [0, 0.05) is 6.07 Å². The molecule has 3 rings (SSSR count). The fourth-order valence-corrected chi connectivity index (χ4v) is 3.46. The van der Waals surface area contributed by atoms with E-state index in [9.17, 15) is 9.18 Å². The van der Waals surface area contributed by atoms with Gasteiger partial charge in [-0.05, 0) is 31.4 Å². The number of carbonyl (C=O) groups is 1. The number of rotatable bonds is 4. The molecule has 2 fully saturated rings. The van der Waals surface area contributed by atoms with Crippen LogP contribution in [0.15, 0.2) is 24.3 Å². The van der Waals surface area contributed by atoms with E-state index in [1.165, 1.54) is 31.4 Å². The van der Waals surface area contributed by atoms with Gasteiger partial charge in [0.25, 0.3) is 5.91 Å². The lowest BCUT2D eigenvalue weighted by Crippen LogP contribution is -2.39. The van der Waals surface area contributed by atoms with E-state index in [0.29, 0.717) is 12.4 Å². The highest BCUT2D eigenvalue weighted by atomic mass is 19.1. The zero-order valence-corrected chi connectivity index (χ0v) is 12.6. The Morgan fingerprint density at radius 1 is 1.36 bits per heavy atom. The normalized spacial score (nSPS) is 23.4. The first-order valence-electron chi connectivity index (χ1n) is 7.97. The van der Waals surface area contributed by atoms with Crippen LogP contribution in [-0.4, -0.2) is 30.8 Å². The van der Waals surface area contributed by atoms with E-state index in [2.05, 4.69) is 5.32 Å². The van der Waals surface area contributed by atoms with Crippen LogP contribution in [0.5, 0.6) is 5.75 Å². The summed E-state index contributed by atoms with van der Waals surface area (Å²) in [5, 5.41) is 2.95. The van der Waals surface area contributed by atoms with Crippen LogP contribution in [0.2, 0.25) is 0 Å². The Kier molecular flexibility index (Phi) is 4.62. The molecular weight excluding hydrogens is 285 g/mol. The standard InChI is InChI=1S/C17H22FNO3/c18-13-5-4-6-15(9-13)21-12-16(20)19-14-10-17(22-11-14)7-2-1-3-8-17/h4-6,9,14H,1-3,7-8,10-12H2,(H,19,20)/t14-/m1/s1. The van der Waals surface area contributed by atoms with Gasteiger partial charge in [-0.3, -0.25) is 4.79 Å². The van der Waals surface area contributed by atoms with Crippen LogP contribution in [0.4, 0.5) is 4.39 Å². The SMILES string of the molecule is O=C(COc1cccc(F)c1)N[C@H]1COC2(CCCCC2)C1. The van der Waals surface area contributed by atoms with E-state index in [-0.39, 0.29) is 30.0 Å². The van der Waals surface area contributed by atoms with Crippen molar-refractivity contribution >= 4 is 5.91 Å². The second-order valence-corrected chi connectivity index (χ2v) is 6.27. The van der Waals surface area contributed by atoms with E-state index in [1.807, 2.05) is 0 Å². The van der Waals surface area contributed by atoms with Crippen molar-refractivity contribution in [3.05, 3.63) is 30.1 Å². The molecule has 22 heavy (non-hydrogen) atoms. The second-order valence-electron chi connectivity index (χ2n) is 6.27. The van der Waals surface area contributed by atoms with E-state index in [4.69, 9.17) is 9.47 Å². The molecule has 1 saturated carbocycles. The molecule has 1 aromatic rings. The highest BCUT2D eigenvalue weighted by molar-refractivity contribution is 5.77. The molecule has 1 aliphatic heterocycles. The van der Waals surface area contributed by atoms with Crippen LogP contribution in [-0.2, 0) is 9.53 Å². The molecule has 120 valence electrons. The number of hydrogen-bond donors (Lipinski definition) is 1. The molecule has 1 atom stereocenters. The number of carbonyl (C=O) groups excluding carboxylic acids is 1. The fraction of sp³-hybridized carbons (Fsp3) is 0.588. The van der Waals surface area contributed by atoms with Crippen molar-refractivity contribution in [3.8, 4) is 5.75 Å². The van der Waals surface area contributed by atoms with Gasteiger partial charge in [-0.1, -0.05) is 25.3 Å². The summed E-state index contributed by atoms with van der Waals surface area (Å²) < 4.78 is 24.3. The Hall–Kier alpha value is -1.62. The molecule has 1 spiro atoms. The molecule has 5 heteroatoms. The lowest BCUT2D eigenvalue weighted by Gasteiger charge is -2.32. The van der Waals surface area contributed by atoms with Crippen LogP contribution in [0.3, 0.4) is 0 Å². The number of ether oxygens (including phenoxy) is 2. The highest BCUT2D eigenvalue weighted by Gasteiger charge is 2.41. The minimum Gasteiger partial charge on any atom is -0.484 e. The maximum absolute atomic E-state index is 13.0. The molecule has 1 saturated heterocycles. The quantitative estimate of drug-likeness (QED) is 0.930. The molecule has 0 aromatic heterocycles.